The summed E-state index contributed by atoms with van der Waals surface area (Å²) in [6.45, 7) is 2.94. The summed E-state index contributed by atoms with van der Waals surface area (Å²) in [5.74, 6) is 0.496. The predicted octanol–water partition coefficient (Wildman–Crippen LogP) is 1.76. The van der Waals surface area contributed by atoms with E-state index in [2.05, 4.69) is 16.9 Å². The van der Waals surface area contributed by atoms with Gasteiger partial charge < -0.3 is 9.80 Å². The molecular weight excluding hydrogens is 250 g/mol. The van der Waals surface area contributed by atoms with E-state index in [0.29, 0.717) is 16.6 Å². The van der Waals surface area contributed by atoms with Gasteiger partial charge in [0.25, 0.3) is 5.91 Å². The normalized spacial score (nSPS) is 20.1. The van der Waals surface area contributed by atoms with E-state index in [0.717, 1.165) is 26.1 Å². The molecule has 5 heteroatoms. The van der Waals surface area contributed by atoms with Crippen molar-refractivity contribution in [2.24, 2.45) is 5.92 Å². The van der Waals surface area contributed by atoms with Gasteiger partial charge in [-0.3, -0.25) is 9.78 Å². The Morgan fingerprint density at radius 2 is 2.44 bits per heavy atom. The van der Waals surface area contributed by atoms with Crippen molar-refractivity contribution in [3.05, 3.63) is 29.0 Å². The molecule has 1 amide bonds. The van der Waals surface area contributed by atoms with E-state index >= 15 is 0 Å². The minimum Gasteiger partial charge on any atom is -0.340 e. The number of hydrogen-bond acceptors (Lipinski definition) is 3. The monoisotopic (exact) mass is 267 g/mol. The van der Waals surface area contributed by atoms with Gasteiger partial charge in [0.05, 0.1) is 0 Å². The lowest BCUT2D eigenvalue weighted by Crippen LogP contribution is -2.33. The van der Waals surface area contributed by atoms with Crippen LogP contribution in [-0.2, 0) is 0 Å². The van der Waals surface area contributed by atoms with Crippen molar-refractivity contribution >= 4 is 17.5 Å². The predicted molar refractivity (Wildman–Crippen MR) is 71.8 cm³/mol. The molecule has 2 rings (SSSR count). The van der Waals surface area contributed by atoms with Crippen molar-refractivity contribution in [1.29, 1.82) is 0 Å². The molecule has 1 atom stereocenters. The van der Waals surface area contributed by atoms with Gasteiger partial charge in [-0.05, 0) is 38.1 Å². The third-order valence-corrected chi connectivity index (χ3v) is 3.54. The van der Waals surface area contributed by atoms with Crippen LogP contribution in [0.15, 0.2) is 18.3 Å². The first-order chi connectivity index (χ1) is 8.56. The Morgan fingerprint density at radius 3 is 3.06 bits per heavy atom. The molecule has 2 heterocycles. The lowest BCUT2D eigenvalue weighted by molar-refractivity contribution is 0.0768. The Morgan fingerprint density at radius 1 is 1.67 bits per heavy atom. The quantitative estimate of drug-likeness (QED) is 0.837. The van der Waals surface area contributed by atoms with E-state index in [9.17, 15) is 4.79 Å². The number of carbonyl (C=O) groups is 1. The van der Waals surface area contributed by atoms with Crippen LogP contribution >= 0.6 is 11.6 Å². The Bertz CT molecular complexity index is 438. The van der Waals surface area contributed by atoms with Crippen molar-refractivity contribution in [2.45, 2.75) is 6.42 Å². The van der Waals surface area contributed by atoms with E-state index in [1.54, 1.807) is 23.2 Å². The summed E-state index contributed by atoms with van der Waals surface area (Å²) in [7, 11) is 3.93. The molecule has 1 unspecified atom stereocenters. The number of likely N-dealkylation sites (tertiary alicyclic amines) is 1. The molecule has 1 saturated heterocycles. The van der Waals surface area contributed by atoms with Gasteiger partial charge in [0.15, 0.2) is 0 Å². The highest BCUT2D eigenvalue weighted by atomic mass is 35.5. The third kappa shape index (κ3) is 3.21. The highest BCUT2D eigenvalue weighted by Gasteiger charge is 2.23. The molecule has 0 N–H and O–H groups in total. The molecule has 1 aromatic heterocycles. The van der Waals surface area contributed by atoms with Gasteiger partial charge in [-0.1, -0.05) is 11.6 Å². The zero-order chi connectivity index (χ0) is 13.1. The molecule has 1 aliphatic heterocycles. The SMILES string of the molecule is CN1CCC(CN(C)C(=O)c2cc(Cl)ccn2)C1. The summed E-state index contributed by atoms with van der Waals surface area (Å²) in [6, 6.07) is 3.28. The highest BCUT2D eigenvalue weighted by molar-refractivity contribution is 6.30. The minimum atomic E-state index is -0.0629. The molecular formula is C13H18ClN3O. The minimum absolute atomic E-state index is 0.0629. The first kappa shape index (κ1) is 13.3. The van der Waals surface area contributed by atoms with E-state index in [1.807, 2.05) is 7.05 Å². The fourth-order valence-corrected chi connectivity index (χ4v) is 2.52. The zero-order valence-corrected chi connectivity index (χ0v) is 11.5. The van der Waals surface area contributed by atoms with Gasteiger partial charge in [0.2, 0.25) is 0 Å². The Balaban J connectivity index is 1.96. The van der Waals surface area contributed by atoms with Crippen LogP contribution in [-0.4, -0.2) is 54.4 Å². The fourth-order valence-electron chi connectivity index (χ4n) is 2.36. The number of aromatic nitrogens is 1. The fraction of sp³-hybridized carbons (Fsp3) is 0.538. The van der Waals surface area contributed by atoms with Gasteiger partial charge in [0.1, 0.15) is 5.69 Å². The third-order valence-electron chi connectivity index (χ3n) is 3.31. The largest absolute Gasteiger partial charge is 0.340 e. The molecule has 1 fully saturated rings. The smallest absolute Gasteiger partial charge is 0.272 e. The Labute approximate surface area is 113 Å². The maximum atomic E-state index is 12.2. The van der Waals surface area contributed by atoms with Crippen LogP contribution in [0, 0.1) is 5.92 Å². The number of rotatable bonds is 3. The second kappa shape index (κ2) is 5.67. The van der Waals surface area contributed by atoms with Crippen LogP contribution < -0.4 is 0 Å². The van der Waals surface area contributed by atoms with Gasteiger partial charge in [-0.15, -0.1) is 0 Å². The molecule has 0 aliphatic carbocycles. The molecule has 0 bridgehead atoms. The van der Waals surface area contributed by atoms with Crippen LogP contribution in [0.4, 0.5) is 0 Å². The molecule has 4 nitrogen and oxygen atoms in total. The Hall–Kier alpha value is -1.13. The van der Waals surface area contributed by atoms with Crippen molar-refractivity contribution < 1.29 is 4.79 Å². The van der Waals surface area contributed by atoms with Gasteiger partial charge in [0, 0.05) is 31.4 Å². The summed E-state index contributed by atoms with van der Waals surface area (Å²) in [5, 5.41) is 0.544. The van der Waals surface area contributed by atoms with Crippen LogP contribution in [0.3, 0.4) is 0 Å². The van der Waals surface area contributed by atoms with E-state index in [-0.39, 0.29) is 5.91 Å². The lowest BCUT2D eigenvalue weighted by Gasteiger charge is -2.20. The van der Waals surface area contributed by atoms with Crippen LogP contribution in [0.1, 0.15) is 16.9 Å². The maximum absolute atomic E-state index is 12.2. The summed E-state index contributed by atoms with van der Waals surface area (Å²) in [5.41, 5.74) is 0.413. The van der Waals surface area contributed by atoms with Crippen molar-refractivity contribution in [3.63, 3.8) is 0 Å². The standard InChI is InChI=1S/C13H18ClN3O/c1-16-6-4-10(8-16)9-17(2)13(18)12-7-11(14)3-5-15-12/h3,5,7,10H,4,6,8-9H2,1-2H3. The molecule has 0 saturated carbocycles. The average molecular weight is 268 g/mol. The number of amides is 1. The molecule has 0 radical (unpaired) electrons. The van der Waals surface area contributed by atoms with Gasteiger partial charge in [-0.2, -0.15) is 0 Å². The van der Waals surface area contributed by atoms with E-state index < -0.39 is 0 Å². The average Bonchev–Trinajstić information content (AvgIpc) is 2.73. The van der Waals surface area contributed by atoms with Crippen LogP contribution in [0.5, 0.6) is 0 Å². The highest BCUT2D eigenvalue weighted by Crippen LogP contribution is 2.16. The molecule has 98 valence electrons. The summed E-state index contributed by atoms with van der Waals surface area (Å²) < 4.78 is 0. The van der Waals surface area contributed by atoms with Crippen LogP contribution in [0.25, 0.3) is 0 Å². The van der Waals surface area contributed by atoms with Crippen LogP contribution in [0.2, 0.25) is 5.02 Å². The van der Waals surface area contributed by atoms with Crippen molar-refractivity contribution in [2.75, 3.05) is 33.7 Å². The number of pyridine rings is 1. The molecule has 1 aliphatic rings. The Kier molecular flexibility index (Phi) is 4.19. The summed E-state index contributed by atoms with van der Waals surface area (Å²) in [4.78, 5) is 20.3. The number of halogens is 1. The van der Waals surface area contributed by atoms with E-state index in [1.165, 1.54) is 0 Å². The second-order valence-corrected chi connectivity index (χ2v) is 5.40. The summed E-state index contributed by atoms with van der Waals surface area (Å²) in [6.07, 6.45) is 2.71. The second-order valence-electron chi connectivity index (χ2n) is 4.96. The number of nitrogens with zero attached hydrogens (tertiary/aromatic N) is 3. The van der Waals surface area contributed by atoms with Gasteiger partial charge >= 0.3 is 0 Å². The first-order valence-electron chi connectivity index (χ1n) is 6.12. The van der Waals surface area contributed by atoms with Crippen molar-refractivity contribution in [1.82, 2.24) is 14.8 Å². The summed E-state index contributed by atoms with van der Waals surface area (Å²) >= 11 is 5.87. The molecule has 18 heavy (non-hydrogen) atoms. The number of carbonyl (C=O) groups excluding carboxylic acids is 1. The maximum Gasteiger partial charge on any atom is 0.272 e. The van der Waals surface area contributed by atoms with E-state index in [4.69, 9.17) is 11.6 Å². The number of hydrogen-bond donors (Lipinski definition) is 0. The molecule has 0 aromatic carbocycles. The molecule has 0 spiro atoms. The molecule has 1 aromatic rings. The first-order valence-corrected chi connectivity index (χ1v) is 6.49. The topological polar surface area (TPSA) is 36.4 Å². The van der Waals surface area contributed by atoms with Gasteiger partial charge in [-0.25, -0.2) is 0 Å². The van der Waals surface area contributed by atoms with Crippen molar-refractivity contribution in [3.8, 4) is 0 Å². The zero-order valence-electron chi connectivity index (χ0n) is 10.8. The lowest BCUT2D eigenvalue weighted by atomic mass is 10.1.